The average molecular weight is 221 g/mol. The molecule has 0 aromatic heterocycles. The van der Waals surface area contributed by atoms with E-state index in [-0.39, 0.29) is 6.04 Å². The molecule has 0 radical (unpaired) electrons. The maximum atomic E-state index is 5.57. The van der Waals surface area contributed by atoms with Crippen LogP contribution >= 0.6 is 0 Å². The van der Waals surface area contributed by atoms with Crippen LogP contribution in [0.2, 0.25) is 0 Å². The third-order valence-electron chi connectivity index (χ3n) is 2.66. The first-order valence-electron chi connectivity index (χ1n) is 5.64. The summed E-state index contributed by atoms with van der Waals surface area (Å²) in [5.74, 6) is 2.77. The van der Waals surface area contributed by atoms with Crippen molar-refractivity contribution in [3.8, 4) is 12.3 Å². The minimum atomic E-state index is -0.0843. The molecule has 0 spiro atoms. The number of hydrogen-bond acceptors (Lipinski definition) is 1. The third kappa shape index (κ3) is 2.89. The third-order valence-corrected chi connectivity index (χ3v) is 2.66. The van der Waals surface area contributed by atoms with Crippen LogP contribution in [0, 0.1) is 19.3 Å². The molecule has 1 nitrogen and oxygen atoms in total. The minimum Gasteiger partial charge on any atom is -0.368 e. The Morgan fingerprint density at radius 1 is 1.00 bits per heavy atom. The van der Waals surface area contributed by atoms with Crippen molar-refractivity contribution in [2.75, 3.05) is 5.32 Å². The molecule has 0 aliphatic rings. The Hall–Kier alpha value is -2.20. The van der Waals surface area contributed by atoms with E-state index < -0.39 is 0 Å². The molecule has 0 heterocycles. The first-order chi connectivity index (χ1) is 8.29. The van der Waals surface area contributed by atoms with Gasteiger partial charge in [-0.2, -0.15) is 0 Å². The van der Waals surface area contributed by atoms with Crippen molar-refractivity contribution in [1.82, 2.24) is 0 Å². The van der Waals surface area contributed by atoms with E-state index in [0.29, 0.717) is 0 Å². The van der Waals surface area contributed by atoms with Crippen molar-refractivity contribution < 1.29 is 0 Å². The molecule has 17 heavy (non-hydrogen) atoms. The van der Waals surface area contributed by atoms with Crippen molar-refractivity contribution >= 4 is 5.69 Å². The van der Waals surface area contributed by atoms with E-state index in [1.165, 1.54) is 5.56 Å². The van der Waals surface area contributed by atoms with Gasteiger partial charge in [-0.15, -0.1) is 6.42 Å². The molecule has 84 valence electrons. The highest BCUT2D eigenvalue weighted by molar-refractivity contribution is 5.48. The van der Waals surface area contributed by atoms with Crippen molar-refractivity contribution in [3.05, 3.63) is 65.7 Å². The number of terminal acetylenes is 1. The summed E-state index contributed by atoms with van der Waals surface area (Å²) < 4.78 is 0. The van der Waals surface area contributed by atoms with Crippen molar-refractivity contribution in [1.29, 1.82) is 0 Å². The monoisotopic (exact) mass is 221 g/mol. The number of hydrogen-bond donors (Lipinski definition) is 1. The molecule has 1 unspecified atom stereocenters. The van der Waals surface area contributed by atoms with Crippen molar-refractivity contribution in [2.45, 2.75) is 13.0 Å². The summed E-state index contributed by atoms with van der Waals surface area (Å²) in [5, 5.41) is 3.34. The second-order valence-electron chi connectivity index (χ2n) is 4.02. The molecule has 0 fully saturated rings. The molecule has 1 atom stereocenters. The molecule has 0 aliphatic heterocycles. The van der Waals surface area contributed by atoms with Crippen LogP contribution < -0.4 is 5.32 Å². The lowest BCUT2D eigenvalue weighted by Gasteiger charge is -2.14. The molecule has 0 saturated carbocycles. The van der Waals surface area contributed by atoms with E-state index in [4.69, 9.17) is 6.42 Å². The predicted molar refractivity (Wildman–Crippen MR) is 72.8 cm³/mol. The van der Waals surface area contributed by atoms with Crippen LogP contribution in [-0.4, -0.2) is 0 Å². The van der Waals surface area contributed by atoms with Gasteiger partial charge in [0.1, 0.15) is 6.04 Å². The summed E-state index contributed by atoms with van der Waals surface area (Å²) in [5.41, 5.74) is 3.39. The SMILES string of the molecule is C#CC(Nc1ccc(C)cc1)c1ccccc1. The standard InChI is InChI=1S/C16H15N/c1-3-16(14-7-5-4-6-8-14)17-15-11-9-13(2)10-12-15/h1,4-12,16-17H,2H3. The van der Waals surface area contributed by atoms with E-state index in [0.717, 1.165) is 11.3 Å². The summed E-state index contributed by atoms with van der Waals surface area (Å²) in [6.45, 7) is 2.07. The van der Waals surface area contributed by atoms with E-state index in [2.05, 4.69) is 30.3 Å². The molecule has 1 heteroatoms. The highest BCUT2D eigenvalue weighted by Crippen LogP contribution is 2.18. The second-order valence-corrected chi connectivity index (χ2v) is 4.02. The topological polar surface area (TPSA) is 12.0 Å². The Morgan fingerprint density at radius 2 is 1.65 bits per heavy atom. The van der Waals surface area contributed by atoms with Gasteiger partial charge in [0.05, 0.1) is 0 Å². The number of nitrogens with one attached hydrogen (secondary N) is 1. The van der Waals surface area contributed by atoms with Crippen LogP contribution in [0.15, 0.2) is 54.6 Å². The van der Waals surface area contributed by atoms with Crippen LogP contribution in [0.5, 0.6) is 0 Å². The van der Waals surface area contributed by atoms with Crippen LogP contribution in [-0.2, 0) is 0 Å². The van der Waals surface area contributed by atoms with Gasteiger partial charge in [-0.3, -0.25) is 0 Å². The largest absolute Gasteiger partial charge is 0.368 e. The normalized spacial score (nSPS) is 11.5. The van der Waals surface area contributed by atoms with Crippen LogP contribution in [0.1, 0.15) is 17.2 Å². The lowest BCUT2D eigenvalue weighted by Crippen LogP contribution is -2.08. The van der Waals surface area contributed by atoms with Crippen molar-refractivity contribution in [3.63, 3.8) is 0 Å². The fraction of sp³-hybridized carbons (Fsp3) is 0.125. The molecule has 0 bridgehead atoms. The zero-order valence-electron chi connectivity index (χ0n) is 9.85. The van der Waals surface area contributed by atoms with Crippen LogP contribution in [0.25, 0.3) is 0 Å². The van der Waals surface area contributed by atoms with E-state index in [9.17, 15) is 0 Å². The van der Waals surface area contributed by atoms with Gasteiger partial charge in [0.2, 0.25) is 0 Å². The summed E-state index contributed by atoms with van der Waals surface area (Å²) >= 11 is 0. The first kappa shape index (κ1) is 11.3. The summed E-state index contributed by atoms with van der Waals surface area (Å²) in [4.78, 5) is 0. The summed E-state index contributed by atoms with van der Waals surface area (Å²) in [6.07, 6.45) is 5.57. The molecule has 0 aliphatic carbocycles. The molecule has 1 N–H and O–H groups in total. The van der Waals surface area contributed by atoms with Gasteiger partial charge in [0.15, 0.2) is 0 Å². The summed E-state index contributed by atoms with van der Waals surface area (Å²) in [6, 6.07) is 18.2. The Balaban J connectivity index is 2.17. The molecule has 0 amide bonds. The number of aryl methyl sites for hydroxylation is 1. The maximum absolute atomic E-state index is 5.57. The Labute approximate surface area is 102 Å². The van der Waals surface area contributed by atoms with Gasteiger partial charge in [-0.1, -0.05) is 53.9 Å². The molecule has 2 aromatic carbocycles. The molecule has 0 saturated heterocycles. The number of rotatable bonds is 3. The lowest BCUT2D eigenvalue weighted by molar-refractivity contribution is 1.02. The van der Waals surface area contributed by atoms with Crippen molar-refractivity contribution in [2.24, 2.45) is 0 Å². The van der Waals surface area contributed by atoms with Gasteiger partial charge in [0, 0.05) is 5.69 Å². The van der Waals surface area contributed by atoms with E-state index >= 15 is 0 Å². The number of anilines is 1. The van der Waals surface area contributed by atoms with Gasteiger partial charge < -0.3 is 5.32 Å². The maximum Gasteiger partial charge on any atom is 0.113 e. The van der Waals surface area contributed by atoms with Gasteiger partial charge in [-0.25, -0.2) is 0 Å². The van der Waals surface area contributed by atoms with Gasteiger partial charge in [0.25, 0.3) is 0 Å². The lowest BCUT2D eigenvalue weighted by atomic mass is 10.1. The molecule has 2 aromatic rings. The Kier molecular flexibility index (Phi) is 3.47. The minimum absolute atomic E-state index is 0.0843. The highest BCUT2D eigenvalue weighted by Gasteiger charge is 2.06. The molecule has 2 rings (SSSR count). The van der Waals surface area contributed by atoms with Gasteiger partial charge in [-0.05, 0) is 24.6 Å². The average Bonchev–Trinajstić information content (AvgIpc) is 2.39. The highest BCUT2D eigenvalue weighted by atomic mass is 14.9. The summed E-state index contributed by atoms with van der Waals surface area (Å²) in [7, 11) is 0. The smallest absolute Gasteiger partial charge is 0.113 e. The first-order valence-corrected chi connectivity index (χ1v) is 5.64. The van der Waals surface area contributed by atoms with E-state index in [1.807, 2.05) is 42.5 Å². The Bertz CT molecular complexity index is 505. The second kappa shape index (κ2) is 5.23. The zero-order valence-corrected chi connectivity index (χ0v) is 9.85. The molecular weight excluding hydrogens is 206 g/mol. The zero-order chi connectivity index (χ0) is 12.1. The fourth-order valence-corrected chi connectivity index (χ4v) is 1.68. The van der Waals surface area contributed by atoms with Crippen LogP contribution in [0.3, 0.4) is 0 Å². The van der Waals surface area contributed by atoms with Gasteiger partial charge >= 0.3 is 0 Å². The Morgan fingerprint density at radius 3 is 2.24 bits per heavy atom. The van der Waals surface area contributed by atoms with Crippen LogP contribution in [0.4, 0.5) is 5.69 Å². The predicted octanol–water partition coefficient (Wildman–Crippen LogP) is 3.78. The molecular formula is C16H15N. The quantitative estimate of drug-likeness (QED) is 0.778. The number of benzene rings is 2. The van der Waals surface area contributed by atoms with E-state index in [1.54, 1.807) is 0 Å². The fourth-order valence-electron chi connectivity index (χ4n) is 1.68.